The highest BCUT2D eigenvalue weighted by Crippen LogP contribution is 2.23. The minimum Gasteiger partial charge on any atom is -0.356 e. The van der Waals surface area contributed by atoms with Crippen molar-refractivity contribution in [1.29, 1.82) is 0 Å². The largest absolute Gasteiger partial charge is 0.356 e. The van der Waals surface area contributed by atoms with Crippen molar-refractivity contribution in [3.05, 3.63) is 57.0 Å². The highest BCUT2D eigenvalue weighted by Gasteiger charge is 2.21. The predicted molar refractivity (Wildman–Crippen MR) is 106 cm³/mol. The first kappa shape index (κ1) is 17.9. The highest BCUT2D eigenvalue weighted by molar-refractivity contribution is 6.08. The molecule has 0 aromatic carbocycles. The molecule has 0 saturated carbocycles. The quantitative estimate of drug-likeness (QED) is 0.724. The second-order valence-electron chi connectivity index (χ2n) is 6.82. The molecule has 4 heterocycles. The summed E-state index contributed by atoms with van der Waals surface area (Å²) in [4.78, 5) is 48.0. The molecule has 1 aliphatic heterocycles. The van der Waals surface area contributed by atoms with Gasteiger partial charge in [-0.15, -0.1) is 0 Å². The maximum absolute atomic E-state index is 12.9. The Morgan fingerprint density at radius 2 is 1.86 bits per heavy atom. The number of hydrogen-bond acceptors (Lipinski definition) is 6. The van der Waals surface area contributed by atoms with Gasteiger partial charge in [-0.1, -0.05) is 0 Å². The molecule has 3 aromatic heterocycles. The van der Waals surface area contributed by atoms with E-state index in [0.29, 0.717) is 17.1 Å². The summed E-state index contributed by atoms with van der Waals surface area (Å²) >= 11 is 0. The van der Waals surface area contributed by atoms with Gasteiger partial charge < -0.3 is 10.2 Å². The molecule has 3 aromatic rings. The van der Waals surface area contributed by atoms with Crippen molar-refractivity contribution >= 4 is 28.4 Å². The lowest BCUT2D eigenvalue weighted by atomic mass is 10.2. The van der Waals surface area contributed by atoms with Crippen molar-refractivity contribution in [3.8, 4) is 0 Å². The molecule has 0 atom stereocenters. The molecule has 9 heteroatoms. The smallest absolute Gasteiger partial charge is 0.332 e. The van der Waals surface area contributed by atoms with Crippen molar-refractivity contribution < 1.29 is 4.79 Å². The zero-order chi connectivity index (χ0) is 19.8. The van der Waals surface area contributed by atoms with Crippen LogP contribution in [0.4, 0.5) is 11.5 Å². The fraction of sp³-hybridized carbons (Fsp3) is 0.316. The Morgan fingerprint density at radius 1 is 1.11 bits per heavy atom. The number of fused-ring (bicyclic) bond motifs is 1. The molecule has 1 N–H and O–H groups in total. The molecule has 28 heavy (non-hydrogen) atoms. The van der Waals surface area contributed by atoms with E-state index in [1.165, 1.54) is 23.9 Å². The van der Waals surface area contributed by atoms with E-state index in [1.54, 1.807) is 25.4 Å². The van der Waals surface area contributed by atoms with E-state index < -0.39 is 11.2 Å². The maximum Gasteiger partial charge on any atom is 0.332 e. The van der Waals surface area contributed by atoms with E-state index >= 15 is 0 Å². The van der Waals surface area contributed by atoms with Gasteiger partial charge in [0.05, 0.1) is 22.8 Å². The van der Waals surface area contributed by atoms with Crippen molar-refractivity contribution in [2.45, 2.75) is 12.8 Å². The van der Waals surface area contributed by atoms with E-state index in [0.717, 1.165) is 30.5 Å². The SMILES string of the molecule is Cn1c(=O)c2cc(NC(=O)c3cccnc3N3CCCC3)cnc2n(C)c1=O. The van der Waals surface area contributed by atoms with Crippen molar-refractivity contribution in [3.63, 3.8) is 0 Å². The normalized spacial score (nSPS) is 13.9. The van der Waals surface area contributed by atoms with E-state index in [2.05, 4.69) is 20.2 Å². The van der Waals surface area contributed by atoms with Gasteiger partial charge in [0, 0.05) is 33.4 Å². The van der Waals surface area contributed by atoms with Gasteiger partial charge in [-0.05, 0) is 31.0 Å². The highest BCUT2D eigenvalue weighted by atomic mass is 16.2. The van der Waals surface area contributed by atoms with Crippen LogP contribution in [-0.2, 0) is 14.1 Å². The number of aryl methyl sites for hydroxylation is 1. The predicted octanol–water partition coefficient (Wildman–Crippen LogP) is 0.880. The number of amides is 1. The lowest BCUT2D eigenvalue weighted by Gasteiger charge is -2.19. The molecule has 1 saturated heterocycles. The summed E-state index contributed by atoms with van der Waals surface area (Å²) in [5.41, 5.74) is 0.209. The summed E-state index contributed by atoms with van der Waals surface area (Å²) in [7, 11) is 2.96. The third-order valence-electron chi connectivity index (χ3n) is 4.99. The summed E-state index contributed by atoms with van der Waals surface area (Å²) in [5, 5.41) is 3.05. The van der Waals surface area contributed by atoms with Crippen molar-refractivity contribution in [1.82, 2.24) is 19.1 Å². The molecule has 0 unspecified atom stereocenters. The molecule has 0 bridgehead atoms. The number of nitrogens with one attached hydrogen (secondary N) is 1. The maximum atomic E-state index is 12.9. The Morgan fingerprint density at radius 3 is 2.61 bits per heavy atom. The van der Waals surface area contributed by atoms with Gasteiger partial charge in [0.2, 0.25) is 0 Å². The summed E-state index contributed by atoms with van der Waals surface area (Å²) in [6, 6.07) is 4.99. The molecule has 1 amide bonds. The van der Waals surface area contributed by atoms with Crippen molar-refractivity contribution in [2.75, 3.05) is 23.3 Å². The first-order valence-electron chi connectivity index (χ1n) is 9.04. The molecule has 144 valence electrons. The summed E-state index contributed by atoms with van der Waals surface area (Å²) in [6.07, 6.45) is 5.26. The Balaban J connectivity index is 1.70. The van der Waals surface area contributed by atoms with E-state index in [1.807, 2.05) is 0 Å². The minimum atomic E-state index is -0.458. The Labute approximate surface area is 160 Å². The van der Waals surface area contributed by atoms with E-state index in [-0.39, 0.29) is 16.9 Å². The van der Waals surface area contributed by atoms with Crippen LogP contribution in [0.2, 0.25) is 0 Å². The first-order valence-corrected chi connectivity index (χ1v) is 9.04. The van der Waals surface area contributed by atoms with Crippen LogP contribution >= 0.6 is 0 Å². The molecule has 0 aliphatic carbocycles. The minimum absolute atomic E-state index is 0.258. The standard InChI is InChI=1S/C19H20N6O3/c1-23-15-14(18(27)24(2)19(23)28)10-12(11-21-15)22-17(26)13-6-5-7-20-16(13)25-8-3-4-9-25/h5-7,10-11H,3-4,8-9H2,1-2H3,(H,22,26). The number of carbonyl (C=O) groups is 1. The third kappa shape index (κ3) is 2.94. The number of rotatable bonds is 3. The number of carbonyl (C=O) groups excluding carboxylic acids is 1. The molecular formula is C19H20N6O3. The second kappa shape index (κ2) is 6.91. The van der Waals surface area contributed by atoms with Crippen LogP contribution in [0.25, 0.3) is 11.0 Å². The van der Waals surface area contributed by atoms with Gasteiger partial charge in [0.25, 0.3) is 11.5 Å². The molecule has 0 spiro atoms. The first-order chi connectivity index (χ1) is 13.5. The zero-order valence-electron chi connectivity index (χ0n) is 15.7. The van der Waals surface area contributed by atoms with Crippen LogP contribution < -0.4 is 21.5 Å². The number of aromatic nitrogens is 4. The van der Waals surface area contributed by atoms with Crippen LogP contribution in [0.3, 0.4) is 0 Å². The van der Waals surface area contributed by atoms with Crippen LogP contribution in [0.5, 0.6) is 0 Å². The molecule has 9 nitrogen and oxygen atoms in total. The molecular weight excluding hydrogens is 360 g/mol. The number of nitrogens with zero attached hydrogens (tertiary/aromatic N) is 5. The van der Waals surface area contributed by atoms with Crippen LogP contribution in [0.1, 0.15) is 23.2 Å². The van der Waals surface area contributed by atoms with Gasteiger partial charge in [-0.3, -0.25) is 18.7 Å². The fourth-order valence-corrected chi connectivity index (χ4v) is 3.49. The van der Waals surface area contributed by atoms with Gasteiger partial charge in [0.1, 0.15) is 11.5 Å². The Bertz CT molecular complexity index is 1190. The average molecular weight is 380 g/mol. The molecule has 0 radical (unpaired) electrons. The topological polar surface area (TPSA) is 102 Å². The fourth-order valence-electron chi connectivity index (χ4n) is 3.49. The van der Waals surface area contributed by atoms with Gasteiger partial charge in [0.15, 0.2) is 0 Å². The zero-order valence-corrected chi connectivity index (χ0v) is 15.7. The number of pyridine rings is 2. The van der Waals surface area contributed by atoms with E-state index in [4.69, 9.17) is 0 Å². The summed E-state index contributed by atoms with van der Waals surface area (Å²) in [6.45, 7) is 1.75. The second-order valence-corrected chi connectivity index (χ2v) is 6.82. The van der Waals surface area contributed by atoms with Crippen molar-refractivity contribution in [2.24, 2.45) is 14.1 Å². The van der Waals surface area contributed by atoms with Crippen LogP contribution in [-0.4, -0.2) is 38.1 Å². The Hall–Kier alpha value is -3.49. The van der Waals surface area contributed by atoms with Crippen LogP contribution in [0, 0.1) is 0 Å². The average Bonchev–Trinajstić information content (AvgIpc) is 3.25. The third-order valence-corrected chi connectivity index (χ3v) is 4.99. The lowest BCUT2D eigenvalue weighted by Crippen LogP contribution is -2.37. The van der Waals surface area contributed by atoms with Crippen LogP contribution in [0.15, 0.2) is 40.2 Å². The Kier molecular flexibility index (Phi) is 4.42. The van der Waals surface area contributed by atoms with E-state index in [9.17, 15) is 14.4 Å². The summed E-state index contributed by atoms with van der Waals surface area (Å²) in [5.74, 6) is 0.336. The van der Waals surface area contributed by atoms with Gasteiger partial charge in [-0.25, -0.2) is 14.8 Å². The van der Waals surface area contributed by atoms with Gasteiger partial charge >= 0.3 is 5.69 Å². The number of anilines is 2. The monoisotopic (exact) mass is 380 g/mol. The lowest BCUT2D eigenvalue weighted by molar-refractivity contribution is 0.102. The molecule has 4 rings (SSSR count). The molecule has 1 aliphatic rings. The molecule has 1 fully saturated rings. The number of hydrogen-bond donors (Lipinski definition) is 1. The summed E-state index contributed by atoms with van der Waals surface area (Å²) < 4.78 is 2.32. The van der Waals surface area contributed by atoms with Gasteiger partial charge in [-0.2, -0.15) is 0 Å².